The smallest absolute Gasteiger partial charge is 0.338 e. The molecule has 0 aliphatic rings. The van der Waals surface area contributed by atoms with Gasteiger partial charge in [0, 0.05) is 11.4 Å². The van der Waals surface area contributed by atoms with Gasteiger partial charge < -0.3 is 24.3 Å². The minimum absolute atomic E-state index is 0.312. The molecule has 8 nitrogen and oxygen atoms in total. The molecular formula is C22H22N2O6S. The molecule has 0 unspecified atom stereocenters. The summed E-state index contributed by atoms with van der Waals surface area (Å²) in [7, 11) is 3.02. The van der Waals surface area contributed by atoms with Gasteiger partial charge in [0.2, 0.25) is 0 Å². The van der Waals surface area contributed by atoms with Crippen LogP contribution in [-0.2, 0) is 16.1 Å². The second kappa shape index (κ2) is 10.4. The third-order valence-electron chi connectivity index (χ3n) is 4.16. The average Bonchev–Trinajstić information content (AvgIpc) is 3.21. The molecular weight excluding hydrogens is 420 g/mol. The molecule has 0 saturated heterocycles. The van der Waals surface area contributed by atoms with Crippen molar-refractivity contribution < 1.29 is 28.5 Å². The Balaban J connectivity index is 1.49. The van der Waals surface area contributed by atoms with Crippen molar-refractivity contribution in [2.45, 2.75) is 13.5 Å². The molecule has 1 amide bonds. The number of nitrogens with zero attached hydrogens (tertiary/aromatic N) is 1. The van der Waals surface area contributed by atoms with E-state index in [0.717, 1.165) is 10.7 Å². The maximum Gasteiger partial charge on any atom is 0.338 e. The van der Waals surface area contributed by atoms with Crippen molar-refractivity contribution in [3.63, 3.8) is 0 Å². The van der Waals surface area contributed by atoms with Crippen LogP contribution in [0, 0.1) is 6.92 Å². The van der Waals surface area contributed by atoms with Crippen LogP contribution in [0.3, 0.4) is 0 Å². The van der Waals surface area contributed by atoms with E-state index in [0.29, 0.717) is 35.1 Å². The van der Waals surface area contributed by atoms with E-state index in [9.17, 15) is 9.59 Å². The molecule has 9 heteroatoms. The Kier molecular flexibility index (Phi) is 7.45. The van der Waals surface area contributed by atoms with Gasteiger partial charge in [0.1, 0.15) is 23.9 Å². The molecule has 0 saturated carbocycles. The van der Waals surface area contributed by atoms with Crippen LogP contribution < -0.4 is 19.5 Å². The standard InChI is InChI=1S/C22H22N2O6S/c1-14-23-16(13-31-14)11-29-17-6-4-15(5-7-17)22(26)30-12-21(25)24-19-9-8-18(27-2)10-20(19)28-3/h4-10,13H,11-12H2,1-3H3,(H,24,25). The maximum atomic E-state index is 12.2. The predicted molar refractivity (Wildman–Crippen MR) is 116 cm³/mol. The van der Waals surface area contributed by atoms with Gasteiger partial charge in [-0.3, -0.25) is 4.79 Å². The van der Waals surface area contributed by atoms with E-state index in [1.54, 1.807) is 53.8 Å². The molecule has 0 aliphatic heterocycles. The zero-order valence-electron chi connectivity index (χ0n) is 17.3. The summed E-state index contributed by atoms with van der Waals surface area (Å²) in [6.07, 6.45) is 0. The van der Waals surface area contributed by atoms with Gasteiger partial charge in [-0.25, -0.2) is 9.78 Å². The van der Waals surface area contributed by atoms with Gasteiger partial charge in [-0.1, -0.05) is 0 Å². The van der Waals surface area contributed by atoms with Crippen molar-refractivity contribution in [2.75, 3.05) is 26.1 Å². The monoisotopic (exact) mass is 442 g/mol. The number of benzene rings is 2. The van der Waals surface area contributed by atoms with Crippen LogP contribution in [0.25, 0.3) is 0 Å². The molecule has 0 aliphatic carbocycles. The molecule has 0 spiro atoms. The number of thiazole rings is 1. The number of hydrogen-bond donors (Lipinski definition) is 1. The molecule has 31 heavy (non-hydrogen) atoms. The van der Waals surface area contributed by atoms with Gasteiger partial charge in [-0.05, 0) is 43.3 Å². The van der Waals surface area contributed by atoms with Gasteiger partial charge in [0.25, 0.3) is 5.91 Å². The first-order valence-corrected chi connectivity index (χ1v) is 10.2. The SMILES string of the molecule is COc1ccc(NC(=O)COC(=O)c2ccc(OCc3csc(C)n3)cc2)c(OC)c1. The molecule has 1 heterocycles. The van der Waals surface area contributed by atoms with Crippen molar-refractivity contribution in [3.8, 4) is 17.2 Å². The summed E-state index contributed by atoms with van der Waals surface area (Å²) in [5.41, 5.74) is 1.61. The zero-order valence-corrected chi connectivity index (χ0v) is 18.2. The summed E-state index contributed by atoms with van der Waals surface area (Å²) in [6, 6.07) is 11.5. The van der Waals surface area contributed by atoms with E-state index in [-0.39, 0.29) is 0 Å². The van der Waals surface area contributed by atoms with Crippen molar-refractivity contribution >= 4 is 28.9 Å². The number of carbonyl (C=O) groups excluding carboxylic acids is 2. The quantitative estimate of drug-likeness (QED) is 0.503. The van der Waals surface area contributed by atoms with Crippen LogP contribution in [-0.4, -0.2) is 37.7 Å². The molecule has 3 rings (SSSR count). The van der Waals surface area contributed by atoms with Gasteiger partial charge in [0.05, 0.1) is 36.2 Å². The highest BCUT2D eigenvalue weighted by molar-refractivity contribution is 7.09. The number of methoxy groups -OCH3 is 2. The number of esters is 1. The van der Waals surface area contributed by atoms with E-state index in [4.69, 9.17) is 18.9 Å². The molecule has 0 bridgehead atoms. The number of nitrogens with one attached hydrogen (secondary N) is 1. The zero-order chi connectivity index (χ0) is 22.2. The van der Waals surface area contributed by atoms with Crippen LogP contribution in [0.4, 0.5) is 5.69 Å². The Morgan fingerprint density at radius 3 is 2.42 bits per heavy atom. The van der Waals surface area contributed by atoms with Gasteiger partial charge in [-0.2, -0.15) is 0 Å². The summed E-state index contributed by atoms with van der Waals surface area (Å²) in [6.45, 7) is 1.85. The molecule has 2 aromatic carbocycles. The topological polar surface area (TPSA) is 96.0 Å². The molecule has 0 radical (unpaired) electrons. The summed E-state index contributed by atoms with van der Waals surface area (Å²) >= 11 is 1.56. The second-order valence-corrected chi connectivity index (χ2v) is 7.42. The fraction of sp³-hybridized carbons (Fsp3) is 0.227. The first kappa shape index (κ1) is 22.1. The number of aromatic nitrogens is 1. The lowest BCUT2D eigenvalue weighted by Gasteiger charge is -2.12. The van der Waals surface area contributed by atoms with Gasteiger partial charge in [-0.15, -0.1) is 11.3 Å². The lowest BCUT2D eigenvalue weighted by molar-refractivity contribution is -0.119. The molecule has 3 aromatic rings. The summed E-state index contributed by atoms with van der Waals surface area (Å²) < 4.78 is 21.1. The largest absolute Gasteiger partial charge is 0.497 e. The minimum Gasteiger partial charge on any atom is -0.497 e. The van der Waals surface area contributed by atoms with Crippen LogP contribution in [0.15, 0.2) is 47.8 Å². The van der Waals surface area contributed by atoms with Gasteiger partial charge in [0.15, 0.2) is 6.61 Å². The Labute approximate surface area is 183 Å². The van der Waals surface area contributed by atoms with E-state index in [2.05, 4.69) is 10.3 Å². The van der Waals surface area contributed by atoms with Gasteiger partial charge >= 0.3 is 5.97 Å². The summed E-state index contributed by atoms with van der Waals surface area (Å²) in [5.74, 6) is 0.526. The second-order valence-electron chi connectivity index (χ2n) is 6.36. The molecule has 0 fully saturated rings. The minimum atomic E-state index is -0.612. The molecule has 0 atom stereocenters. The molecule has 1 aromatic heterocycles. The number of aryl methyl sites for hydroxylation is 1. The van der Waals surface area contributed by atoms with E-state index in [1.807, 2.05) is 12.3 Å². The number of rotatable bonds is 9. The van der Waals surface area contributed by atoms with Crippen molar-refractivity contribution in [3.05, 3.63) is 64.1 Å². The molecule has 1 N–H and O–H groups in total. The molecule has 162 valence electrons. The van der Waals surface area contributed by atoms with Crippen LogP contribution in [0.2, 0.25) is 0 Å². The Hall–Kier alpha value is -3.59. The first-order chi connectivity index (χ1) is 15.0. The number of ether oxygens (including phenoxy) is 4. The highest BCUT2D eigenvalue weighted by Gasteiger charge is 2.13. The fourth-order valence-electron chi connectivity index (χ4n) is 2.62. The fourth-order valence-corrected chi connectivity index (χ4v) is 3.22. The lowest BCUT2D eigenvalue weighted by atomic mass is 10.2. The van der Waals surface area contributed by atoms with E-state index < -0.39 is 18.5 Å². The average molecular weight is 442 g/mol. The highest BCUT2D eigenvalue weighted by Crippen LogP contribution is 2.28. The van der Waals surface area contributed by atoms with E-state index in [1.165, 1.54) is 14.2 Å². The number of amides is 1. The third-order valence-corrected chi connectivity index (χ3v) is 4.98. The van der Waals surface area contributed by atoms with Crippen LogP contribution in [0.5, 0.6) is 17.2 Å². The van der Waals surface area contributed by atoms with Crippen LogP contribution in [0.1, 0.15) is 21.1 Å². The highest BCUT2D eigenvalue weighted by atomic mass is 32.1. The van der Waals surface area contributed by atoms with Crippen molar-refractivity contribution in [1.29, 1.82) is 0 Å². The number of carbonyl (C=O) groups is 2. The normalized spacial score (nSPS) is 10.3. The maximum absolute atomic E-state index is 12.2. The predicted octanol–water partition coefficient (Wildman–Crippen LogP) is 3.84. The third kappa shape index (κ3) is 6.19. The Bertz CT molecular complexity index is 1050. The summed E-state index contributed by atoms with van der Waals surface area (Å²) in [5, 5.41) is 5.56. The lowest BCUT2D eigenvalue weighted by Crippen LogP contribution is -2.21. The summed E-state index contributed by atoms with van der Waals surface area (Å²) in [4.78, 5) is 28.7. The Morgan fingerprint density at radius 2 is 1.77 bits per heavy atom. The van der Waals surface area contributed by atoms with E-state index >= 15 is 0 Å². The van der Waals surface area contributed by atoms with Crippen LogP contribution >= 0.6 is 11.3 Å². The Morgan fingerprint density at radius 1 is 1.03 bits per heavy atom. The van der Waals surface area contributed by atoms with Crippen molar-refractivity contribution in [2.24, 2.45) is 0 Å². The number of anilines is 1. The first-order valence-electron chi connectivity index (χ1n) is 9.31. The number of hydrogen-bond acceptors (Lipinski definition) is 8. The van der Waals surface area contributed by atoms with Crippen molar-refractivity contribution in [1.82, 2.24) is 4.98 Å².